The number of nitrogens with one attached hydrogen (secondary N) is 1. The number of carbonyl (C=O) groups excluding carboxylic acids is 3. The van der Waals surface area contributed by atoms with Gasteiger partial charge in [-0.15, -0.1) is 5.10 Å². The average Bonchev–Trinajstić information content (AvgIpc) is 3.64. The number of hydrogen-bond acceptors (Lipinski definition) is 9. The molecular weight excluding hydrogens is 663 g/mol. The summed E-state index contributed by atoms with van der Waals surface area (Å²) in [6, 6.07) is 22.5. The van der Waals surface area contributed by atoms with E-state index in [1.165, 1.54) is 88.5 Å². The quantitative estimate of drug-likeness (QED) is 0.0249. The molecule has 1 amide bonds. The van der Waals surface area contributed by atoms with Gasteiger partial charge in [0.15, 0.2) is 11.0 Å². The summed E-state index contributed by atoms with van der Waals surface area (Å²) in [5.74, 6) is -1.21. The zero-order valence-electron chi connectivity index (χ0n) is 29.9. The highest BCUT2D eigenvalue weighted by Crippen LogP contribution is 2.30. The Morgan fingerprint density at radius 1 is 0.745 bits per heavy atom. The number of aromatic nitrogens is 4. The van der Waals surface area contributed by atoms with Crippen LogP contribution in [0.15, 0.2) is 84.0 Å². The Kier molecular flexibility index (Phi) is 17.2. The van der Waals surface area contributed by atoms with Gasteiger partial charge in [-0.05, 0) is 47.2 Å². The Balaban J connectivity index is 1.29. The van der Waals surface area contributed by atoms with Crippen molar-refractivity contribution in [1.82, 2.24) is 20.2 Å². The minimum Gasteiger partial charge on any atom is -0.495 e. The first kappa shape index (κ1) is 39.3. The molecule has 1 aromatic heterocycles. The molecule has 1 unspecified atom stereocenters. The molecule has 1 heterocycles. The molecule has 11 heteroatoms. The third-order valence-corrected chi connectivity index (χ3v) is 9.75. The number of methoxy groups -OCH3 is 1. The highest BCUT2D eigenvalue weighted by atomic mass is 32.2. The van der Waals surface area contributed by atoms with Crippen LogP contribution in [0.2, 0.25) is 0 Å². The van der Waals surface area contributed by atoms with Crippen LogP contribution in [0.3, 0.4) is 0 Å². The number of ketones is 1. The number of tetrazole rings is 1. The van der Waals surface area contributed by atoms with Gasteiger partial charge < -0.3 is 14.8 Å². The smallest absolute Gasteiger partial charge is 0.338 e. The lowest BCUT2D eigenvalue weighted by molar-refractivity contribution is -0.115. The van der Waals surface area contributed by atoms with Gasteiger partial charge in [-0.1, -0.05) is 151 Å². The molecule has 0 saturated carbocycles. The lowest BCUT2D eigenvalue weighted by atomic mass is 10.0. The van der Waals surface area contributed by atoms with Crippen molar-refractivity contribution < 1.29 is 23.9 Å². The van der Waals surface area contributed by atoms with Gasteiger partial charge >= 0.3 is 5.97 Å². The number of amides is 1. The van der Waals surface area contributed by atoms with Gasteiger partial charge in [0.25, 0.3) is 0 Å². The predicted octanol–water partition coefficient (Wildman–Crippen LogP) is 9.29. The maximum absolute atomic E-state index is 13.9. The van der Waals surface area contributed by atoms with Crippen LogP contribution in [0.4, 0.5) is 5.69 Å². The van der Waals surface area contributed by atoms with Gasteiger partial charge in [-0.25, -0.2) is 4.79 Å². The van der Waals surface area contributed by atoms with Crippen molar-refractivity contribution >= 4 is 35.1 Å². The van der Waals surface area contributed by atoms with E-state index in [0.717, 1.165) is 31.0 Å². The van der Waals surface area contributed by atoms with Crippen LogP contribution in [0.25, 0.3) is 5.69 Å². The lowest BCUT2D eigenvalue weighted by Gasteiger charge is -2.17. The number of carbonyl (C=O) groups is 3. The molecule has 0 radical (unpaired) electrons. The van der Waals surface area contributed by atoms with E-state index in [9.17, 15) is 14.4 Å². The SMILES string of the molecule is CCCCCCCCCCCCCCCCOC(=O)c1ccc(OC)c(NC(=O)C(Sc2nnnn2-c2ccccc2)C(=O)c2ccccc2)c1. The number of rotatable bonds is 24. The van der Waals surface area contributed by atoms with Crippen LogP contribution in [0.1, 0.15) is 118 Å². The summed E-state index contributed by atoms with van der Waals surface area (Å²) < 4.78 is 12.5. The first-order valence-corrected chi connectivity index (χ1v) is 19.2. The number of Topliss-reactive ketones (excluding diaryl/α,β-unsaturated/α-hetero) is 1. The summed E-state index contributed by atoms with van der Waals surface area (Å²) in [6.07, 6.45) is 17.5. The Hall–Kier alpha value is -4.51. The fourth-order valence-corrected chi connectivity index (χ4v) is 6.69. The van der Waals surface area contributed by atoms with Gasteiger partial charge in [-0.2, -0.15) is 4.68 Å². The Morgan fingerprint density at radius 2 is 1.33 bits per heavy atom. The first-order valence-electron chi connectivity index (χ1n) is 18.3. The molecule has 51 heavy (non-hydrogen) atoms. The first-order chi connectivity index (χ1) is 25.0. The number of para-hydroxylation sites is 1. The van der Waals surface area contributed by atoms with Crippen molar-refractivity contribution in [3.05, 3.63) is 90.0 Å². The van der Waals surface area contributed by atoms with Crippen molar-refractivity contribution in [1.29, 1.82) is 0 Å². The van der Waals surface area contributed by atoms with E-state index < -0.39 is 22.9 Å². The van der Waals surface area contributed by atoms with E-state index in [-0.39, 0.29) is 16.4 Å². The molecule has 0 aliphatic rings. The van der Waals surface area contributed by atoms with E-state index in [1.54, 1.807) is 42.5 Å². The third-order valence-electron chi connectivity index (χ3n) is 8.62. The highest BCUT2D eigenvalue weighted by Gasteiger charge is 2.32. The molecule has 0 fully saturated rings. The zero-order chi connectivity index (χ0) is 36.1. The average molecular weight is 714 g/mol. The molecule has 272 valence electrons. The number of nitrogens with zero attached hydrogens (tertiary/aromatic N) is 4. The van der Waals surface area contributed by atoms with E-state index >= 15 is 0 Å². The summed E-state index contributed by atoms with van der Waals surface area (Å²) in [6.45, 7) is 2.58. The van der Waals surface area contributed by atoms with E-state index in [2.05, 4.69) is 27.8 Å². The van der Waals surface area contributed by atoms with Crippen LogP contribution in [-0.4, -0.2) is 56.8 Å². The summed E-state index contributed by atoms with van der Waals surface area (Å²) in [4.78, 5) is 40.6. The van der Waals surface area contributed by atoms with Gasteiger partial charge in [0, 0.05) is 5.56 Å². The predicted molar refractivity (Wildman–Crippen MR) is 202 cm³/mol. The molecule has 3 aromatic carbocycles. The van der Waals surface area contributed by atoms with Crippen molar-refractivity contribution in [3.63, 3.8) is 0 Å². The maximum Gasteiger partial charge on any atom is 0.338 e. The molecular formula is C40H51N5O5S. The summed E-state index contributed by atoms with van der Waals surface area (Å²) >= 11 is 0.931. The summed E-state index contributed by atoms with van der Waals surface area (Å²) in [7, 11) is 1.47. The molecule has 10 nitrogen and oxygen atoms in total. The molecule has 0 spiro atoms. The molecule has 0 aliphatic carbocycles. The van der Waals surface area contributed by atoms with Gasteiger partial charge in [0.05, 0.1) is 30.7 Å². The summed E-state index contributed by atoms with van der Waals surface area (Å²) in [5, 5.41) is 13.8. The number of unbranched alkanes of at least 4 members (excludes halogenated alkanes) is 13. The number of anilines is 1. The third kappa shape index (κ3) is 13.0. The van der Waals surface area contributed by atoms with Crippen molar-refractivity contribution in [2.24, 2.45) is 0 Å². The second kappa shape index (κ2) is 22.3. The molecule has 0 aliphatic heterocycles. The number of thioether (sulfide) groups is 1. The highest BCUT2D eigenvalue weighted by molar-refractivity contribution is 8.01. The molecule has 0 saturated heterocycles. The molecule has 4 rings (SSSR count). The molecule has 1 N–H and O–H groups in total. The number of esters is 1. The summed E-state index contributed by atoms with van der Waals surface area (Å²) in [5.41, 5.74) is 1.54. The van der Waals surface area contributed by atoms with E-state index in [4.69, 9.17) is 9.47 Å². The fraction of sp³-hybridized carbons (Fsp3) is 0.450. The normalized spacial score (nSPS) is 11.6. The molecule has 4 aromatic rings. The van der Waals surface area contributed by atoms with Crippen LogP contribution < -0.4 is 10.1 Å². The lowest BCUT2D eigenvalue weighted by Crippen LogP contribution is -2.33. The van der Waals surface area contributed by atoms with Crippen LogP contribution in [0.5, 0.6) is 5.75 Å². The van der Waals surface area contributed by atoms with E-state index in [0.29, 0.717) is 23.6 Å². The zero-order valence-corrected chi connectivity index (χ0v) is 30.7. The largest absolute Gasteiger partial charge is 0.495 e. The fourth-order valence-electron chi connectivity index (χ4n) is 5.74. The van der Waals surface area contributed by atoms with Gasteiger partial charge in [0.2, 0.25) is 11.1 Å². The minimum absolute atomic E-state index is 0.238. The van der Waals surface area contributed by atoms with Gasteiger partial charge in [-0.3, -0.25) is 9.59 Å². The maximum atomic E-state index is 13.9. The Labute approximate surface area is 306 Å². The van der Waals surface area contributed by atoms with E-state index in [1.807, 2.05) is 30.3 Å². The van der Waals surface area contributed by atoms with Crippen molar-refractivity contribution in [2.45, 2.75) is 107 Å². The molecule has 1 atom stereocenters. The standard InChI is InChI=1S/C40H51N5O5S/c1-3-4-5-6-7-8-9-10-11-12-13-14-15-22-29-50-39(48)32-27-28-35(49-2)34(30-32)41-38(47)37(36(46)31-23-18-16-19-24-31)51-40-42-43-44-45(40)33-25-20-17-21-26-33/h16-21,23-28,30,37H,3-15,22,29H2,1-2H3,(H,41,47). The van der Waals surface area contributed by atoms with Crippen LogP contribution in [-0.2, 0) is 9.53 Å². The number of hydrogen-bond donors (Lipinski definition) is 1. The number of ether oxygens (including phenoxy) is 2. The van der Waals surface area contributed by atoms with Crippen molar-refractivity contribution in [3.8, 4) is 11.4 Å². The second-order valence-corrected chi connectivity index (χ2v) is 13.6. The van der Waals surface area contributed by atoms with Crippen LogP contribution in [0, 0.1) is 0 Å². The second-order valence-electron chi connectivity index (χ2n) is 12.6. The monoisotopic (exact) mass is 713 g/mol. The van der Waals surface area contributed by atoms with Crippen molar-refractivity contribution in [2.75, 3.05) is 19.0 Å². The van der Waals surface area contributed by atoms with Crippen LogP contribution >= 0.6 is 11.8 Å². The molecule has 0 bridgehead atoms. The Bertz CT molecular complexity index is 1630. The van der Waals surface area contributed by atoms with Gasteiger partial charge in [0.1, 0.15) is 5.75 Å². The topological polar surface area (TPSA) is 125 Å². The minimum atomic E-state index is -1.26. The number of benzene rings is 3. The Morgan fingerprint density at radius 3 is 1.94 bits per heavy atom.